The monoisotopic (exact) mass is 327 g/mol. The first-order chi connectivity index (χ1) is 10.00. The van der Waals surface area contributed by atoms with Crippen LogP contribution < -0.4 is 4.72 Å². The first-order valence-corrected chi connectivity index (χ1v) is 8.68. The van der Waals surface area contributed by atoms with E-state index < -0.39 is 21.5 Å². The van der Waals surface area contributed by atoms with Crippen LogP contribution in [0, 0.1) is 27.7 Å². The number of nitrogens with one attached hydrogen (secondary N) is 1. The van der Waals surface area contributed by atoms with E-state index in [1.54, 1.807) is 20.8 Å². The molecule has 1 N–H and O–H groups in total. The average Bonchev–Trinajstić information content (AvgIpc) is 2.43. The van der Waals surface area contributed by atoms with Crippen molar-refractivity contribution in [2.45, 2.75) is 58.4 Å². The van der Waals surface area contributed by atoms with Gasteiger partial charge in [0.1, 0.15) is 5.54 Å². The standard InChI is InChI=1S/C16H25NO4S/c1-8-16(6,15(18)21-7)17-22(19,20)14-12(4)10(2)9-11(3)13(14)5/h9,17H,8H2,1-7H3. The van der Waals surface area contributed by atoms with Crippen LogP contribution in [0.3, 0.4) is 0 Å². The van der Waals surface area contributed by atoms with Crippen molar-refractivity contribution in [2.24, 2.45) is 0 Å². The van der Waals surface area contributed by atoms with Gasteiger partial charge in [0.15, 0.2) is 0 Å². The van der Waals surface area contributed by atoms with Crippen LogP contribution in [-0.4, -0.2) is 27.0 Å². The van der Waals surface area contributed by atoms with Crippen molar-refractivity contribution in [3.05, 3.63) is 28.3 Å². The quantitative estimate of drug-likeness (QED) is 0.844. The maximum atomic E-state index is 12.9. The smallest absolute Gasteiger partial charge is 0.326 e. The highest BCUT2D eigenvalue weighted by Gasteiger charge is 2.38. The summed E-state index contributed by atoms with van der Waals surface area (Å²) in [5.41, 5.74) is 1.90. The average molecular weight is 327 g/mol. The summed E-state index contributed by atoms with van der Waals surface area (Å²) in [4.78, 5) is 12.2. The number of ether oxygens (including phenoxy) is 1. The van der Waals surface area contributed by atoms with Crippen molar-refractivity contribution < 1.29 is 17.9 Å². The van der Waals surface area contributed by atoms with Crippen LogP contribution in [0.15, 0.2) is 11.0 Å². The van der Waals surface area contributed by atoms with Crippen molar-refractivity contribution in [1.82, 2.24) is 4.72 Å². The lowest BCUT2D eigenvalue weighted by Crippen LogP contribution is -2.52. The summed E-state index contributed by atoms with van der Waals surface area (Å²) in [6.45, 7) is 10.6. The molecule has 1 aromatic carbocycles. The van der Waals surface area contributed by atoms with Gasteiger partial charge in [-0.25, -0.2) is 8.42 Å². The fourth-order valence-corrected chi connectivity index (χ4v) is 4.47. The van der Waals surface area contributed by atoms with E-state index in [1.807, 2.05) is 19.9 Å². The van der Waals surface area contributed by atoms with Crippen molar-refractivity contribution in [3.63, 3.8) is 0 Å². The van der Waals surface area contributed by atoms with Crippen molar-refractivity contribution in [2.75, 3.05) is 7.11 Å². The molecule has 0 bridgehead atoms. The minimum Gasteiger partial charge on any atom is -0.468 e. The lowest BCUT2D eigenvalue weighted by Gasteiger charge is -2.27. The number of hydrogen-bond acceptors (Lipinski definition) is 4. The first kappa shape index (κ1) is 18.6. The van der Waals surface area contributed by atoms with Gasteiger partial charge in [0, 0.05) is 0 Å². The predicted octanol–water partition coefficient (Wildman–Crippen LogP) is 2.54. The van der Waals surface area contributed by atoms with Crippen LogP contribution in [0.2, 0.25) is 0 Å². The lowest BCUT2D eigenvalue weighted by atomic mass is 10.0. The Bertz CT molecular complexity index is 668. The third-order valence-electron chi connectivity index (χ3n) is 4.27. The van der Waals surface area contributed by atoms with Gasteiger partial charge in [-0.05, 0) is 63.3 Å². The Morgan fingerprint density at radius 1 is 1.18 bits per heavy atom. The zero-order valence-corrected chi connectivity index (χ0v) is 15.1. The summed E-state index contributed by atoms with van der Waals surface area (Å²) in [6.07, 6.45) is 0.293. The molecule has 1 aromatic rings. The van der Waals surface area contributed by atoms with Gasteiger partial charge >= 0.3 is 5.97 Å². The molecule has 22 heavy (non-hydrogen) atoms. The van der Waals surface area contributed by atoms with Crippen LogP contribution in [0.1, 0.15) is 42.5 Å². The van der Waals surface area contributed by atoms with E-state index in [9.17, 15) is 13.2 Å². The zero-order chi connectivity index (χ0) is 17.3. The number of rotatable bonds is 5. The molecule has 0 amide bonds. The van der Waals surface area contributed by atoms with Crippen LogP contribution in [0.5, 0.6) is 0 Å². The molecule has 0 aliphatic heterocycles. The number of carbonyl (C=O) groups excluding carboxylic acids is 1. The molecule has 0 heterocycles. The fourth-order valence-electron chi connectivity index (χ4n) is 2.41. The second-order valence-electron chi connectivity index (χ2n) is 5.87. The summed E-state index contributed by atoms with van der Waals surface area (Å²) < 4.78 is 33.0. The van der Waals surface area contributed by atoms with Gasteiger partial charge in [-0.1, -0.05) is 13.0 Å². The third kappa shape index (κ3) is 3.33. The second kappa shape index (κ2) is 6.38. The van der Waals surface area contributed by atoms with E-state index in [2.05, 4.69) is 4.72 Å². The maximum Gasteiger partial charge on any atom is 0.326 e. The van der Waals surface area contributed by atoms with Crippen LogP contribution in [-0.2, 0) is 19.6 Å². The summed E-state index contributed by atoms with van der Waals surface area (Å²) in [6, 6.07) is 1.96. The second-order valence-corrected chi connectivity index (χ2v) is 7.49. The number of esters is 1. The summed E-state index contributed by atoms with van der Waals surface area (Å²) in [5.74, 6) is -0.599. The molecule has 124 valence electrons. The van der Waals surface area contributed by atoms with Gasteiger partial charge < -0.3 is 4.74 Å². The Balaban J connectivity index is 3.47. The van der Waals surface area contributed by atoms with Crippen LogP contribution in [0.4, 0.5) is 0 Å². The topological polar surface area (TPSA) is 72.5 Å². The van der Waals surface area contributed by atoms with E-state index in [-0.39, 0.29) is 4.90 Å². The molecule has 0 saturated carbocycles. The summed E-state index contributed by atoms with van der Waals surface area (Å²) in [7, 11) is -2.59. The minimum atomic E-state index is -3.84. The van der Waals surface area contributed by atoms with E-state index in [4.69, 9.17) is 4.74 Å². The number of methoxy groups -OCH3 is 1. The molecule has 0 aliphatic carbocycles. The van der Waals surface area contributed by atoms with Gasteiger partial charge in [0.25, 0.3) is 0 Å². The third-order valence-corrected chi connectivity index (χ3v) is 6.14. The highest BCUT2D eigenvalue weighted by atomic mass is 32.2. The van der Waals surface area contributed by atoms with Gasteiger partial charge in [-0.2, -0.15) is 4.72 Å². The van der Waals surface area contributed by atoms with E-state index >= 15 is 0 Å². The number of carbonyl (C=O) groups is 1. The van der Waals surface area contributed by atoms with Crippen LogP contribution >= 0.6 is 0 Å². The largest absolute Gasteiger partial charge is 0.468 e. The van der Waals surface area contributed by atoms with Gasteiger partial charge in [0.2, 0.25) is 10.0 Å². The Kier molecular flexibility index (Phi) is 5.41. The number of benzene rings is 1. The number of aryl methyl sites for hydroxylation is 2. The van der Waals surface area contributed by atoms with E-state index in [0.717, 1.165) is 11.1 Å². The molecule has 0 fully saturated rings. The zero-order valence-electron chi connectivity index (χ0n) is 14.3. The van der Waals surface area contributed by atoms with Crippen molar-refractivity contribution in [3.8, 4) is 0 Å². The molecule has 6 heteroatoms. The van der Waals surface area contributed by atoms with Gasteiger partial charge in [-0.3, -0.25) is 4.79 Å². The van der Waals surface area contributed by atoms with E-state index in [0.29, 0.717) is 17.5 Å². The normalized spacial score (nSPS) is 14.5. The molecule has 1 rings (SSSR count). The van der Waals surface area contributed by atoms with Gasteiger partial charge in [-0.15, -0.1) is 0 Å². The molecule has 0 radical (unpaired) electrons. The molecule has 0 saturated heterocycles. The highest BCUT2D eigenvalue weighted by molar-refractivity contribution is 7.89. The molecule has 0 aliphatic rings. The minimum absolute atomic E-state index is 0.244. The maximum absolute atomic E-state index is 12.9. The molecular weight excluding hydrogens is 302 g/mol. The Hall–Kier alpha value is -1.40. The fraction of sp³-hybridized carbons (Fsp3) is 0.562. The molecule has 1 atom stereocenters. The Labute approximate surface area is 133 Å². The predicted molar refractivity (Wildman–Crippen MR) is 86.4 cm³/mol. The van der Waals surface area contributed by atoms with Crippen molar-refractivity contribution in [1.29, 1.82) is 0 Å². The summed E-state index contributed by atoms with van der Waals surface area (Å²) >= 11 is 0. The van der Waals surface area contributed by atoms with E-state index in [1.165, 1.54) is 14.0 Å². The Morgan fingerprint density at radius 3 is 2.00 bits per heavy atom. The number of hydrogen-bond donors (Lipinski definition) is 1. The molecular formula is C16H25NO4S. The van der Waals surface area contributed by atoms with Gasteiger partial charge in [0.05, 0.1) is 12.0 Å². The summed E-state index contributed by atoms with van der Waals surface area (Å²) in [5, 5.41) is 0. The number of sulfonamides is 1. The molecule has 0 aromatic heterocycles. The van der Waals surface area contributed by atoms with Crippen LogP contribution in [0.25, 0.3) is 0 Å². The van der Waals surface area contributed by atoms with Crippen molar-refractivity contribution >= 4 is 16.0 Å². The lowest BCUT2D eigenvalue weighted by molar-refractivity contribution is -0.147. The Morgan fingerprint density at radius 2 is 1.64 bits per heavy atom. The SMILES string of the molecule is CCC(C)(NS(=O)(=O)c1c(C)c(C)cc(C)c1C)C(=O)OC. The molecule has 1 unspecified atom stereocenters. The highest BCUT2D eigenvalue weighted by Crippen LogP contribution is 2.27. The molecule has 5 nitrogen and oxygen atoms in total. The molecule has 0 spiro atoms. The first-order valence-electron chi connectivity index (χ1n) is 7.20.